The second-order valence-corrected chi connectivity index (χ2v) is 5.22. The normalized spacial score (nSPS) is 11.9. The summed E-state index contributed by atoms with van der Waals surface area (Å²) in [6.07, 6.45) is 2.27. The van der Waals surface area contributed by atoms with Gasteiger partial charge in [0.25, 0.3) is 5.91 Å². The number of nitrogens with one attached hydrogen (secondary N) is 1. The van der Waals surface area contributed by atoms with E-state index in [0.717, 1.165) is 5.56 Å². The molecule has 104 valence electrons. The first-order chi connectivity index (χ1) is 8.95. The van der Waals surface area contributed by atoms with Crippen molar-refractivity contribution in [3.8, 4) is 0 Å². The van der Waals surface area contributed by atoms with Gasteiger partial charge in [-0.3, -0.25) is 4.79 Å². The number of thioether (sulfide) groups is 1. The van der Waals surface area contributed by atoms with Crippen molar-refractivity contribution < 1.29 is 14.7 Å². The average Bonchev–Trinajstić information content (AvgIpc) is 2.36. The van der Waals surface area contributed by atoms with Crippen molar-refractivity contribution in [2.45, 2.75) is 19.4 Å². The maximum Gasteiger partial charge on any atom is 0.326 e. The first kappa shape index (κ1) is 15.4. The van der Waals surface area contributed by atoms with Gasteiger partial charge < -0.3 is 16.2 Å². The molecule has 1 aromatic rings. The van der Waals surface area contributed by atoms with Crippen LogP contribution in [0.3, 0.4) is 0 Å². The first-order valence-corrected chi connectivity index (χ1v) is 7.23. The van der Waals surface area contributed by atoms with Gasteiger partial charge in [-0.05, 0) is 37.5 Å². The highest BCUT2D eigenvalue weighted by Crippen LogP contribution is 2.14. The van der Waals surface area contributed by atoms with Crippen LogP contribution in [0.5, 0.6) is 0 Å². The van der Waals surface area contributed by atoms with Crippen LogP contribution in [0, 0.1) is 6.92 Å². The summed E-state index contributed by atoms with van der Waals surface area (Å²) in [7, 11) is 0. The molecule has 1 amide bonds. The van der Waals surface area contributed by atoms with E-state index < -0.39 is 17.9 Å². The summed E-state index contributed by atoms with van der Waals surface area (Å²) >= 11 is 1.54. The molecule has 0 heterocycles. The summed E-state index contributed by atoms with van der Waals surface area (Å²) in [4.78, 5) is 23.1. The number of carbonyl (C=O) groups excluding carboxylic acids is 1. The second-order valence-electron chi connectivity index (χ2n) is 4.24. The third-order valence-electron chi connectivity index (χ3n) is 2.67. The molecule has 1 atom stereocenters. The van der Waals surface area contributed by atoms with Gasteiger partial charge in [0.05, 0.1) is 5.56 Å². The molecule has 0 unspecified atom stereocenters. The predicted octanol–water partition coefficient (Wildman–Crippen LogP) is 1.51. The molecule has 0 saturated carbocycles. The van der Waals surface area contributed by atoms with E-state index in [2.05, 4.69) is 5.32 Å². The van der Waals surface area contributed by atoms with Crippen LogP contribution < -0.4 is 11.1 Å². The molecule has 0 saturated heterocycles. The standard InChI is InChI=1S/C13H18N2O3S/c1-8-3-4-10(14)9(7-8)12(16)15-11(13(17)18)5-6-19-2/h3-4,7,11H,5-6,14H2,1-2H3,(H,15,16)(H,17,18)/t11-/m1/s1. The topological polar surface area (TPSA) is 92.4 Å². The molecular formula is C13H18N2O3S. The van der Waals surface area contributed by atoms with Crippen LogP contribution >= 0.6 is 11.8 Å². The Hall–Kier alpha value is -1.69. The number of benzene rings is 1. The molecule has 5 nitrogen and oxygen atoms in total. The van der Waals surface area contributed by atoms with Crippen LogP contribution in [0.2, 0.25) is 0 Å². The number of anilines is 1. The van der Waals surface area contributed by atoms with Gasteiger partial charge in [-0.25, -0.2) is 4.79 Å². The van der Waals surface area contributed by atoms with Gasteiger partial charge in [0.15, 0.2) is 0 Å². The van der Waals surface area contributed by atoms with Crippen LogP contribution in [0.4, 0.5) is 5.69 Å². The Balaban J connectivity index is 2.81. The molecule has 0 aliphatic rings. The fourth-order valence-electron chi connectivity index (χ4n) is 1.60. The predicted molar refractivity (Wildman–Crippen MR) is 77.5 cm³/mol. The number of hydrogen-bond acceptors (Lipinski definition) is 4. The molecule has 1 rings (SSSR count). The molecule has 6 heteroatoms. The maximum absolute atomic E-state index is 12.0. The molecule has 0 aromatic heterocycles. The number of rotatable bonds is 6. The van der Waals surface area contributed by atoms with Crippen molar-refractivity contribution in [1.29, 1.82) is 0 Å². The van der Waals surface area contributed by atoms with Crippen molar-refractivity contribution >= 4 is 29.3 Å². The van der Waals surface area contributed by atoms with E-state index >= 15 is 0 Å². The lowest BCUT2D eigenvalue weighted by atomic mass is 10.1. The Morgan fingerprint density at radius 2 is 2.16 bits per heavy atom. The van der Waals surface area contributed by atoms with Crippen molar-refractivity contribution in [1.82, 2.24) is 5.32 Å². The first-order valence-electron chi connectivity index (χ1n) is 5.84. The van der Waals surface area contributed by atoms with Gasteiger partial charge in [-0.1, -0.05) is 11.6 Å². The largest absolute Gasteiger partial charge is 0.480 e. The molecule has 19 heavy (non-hydrogen) atoms. The quantitative estimate of drug-likeness (QED) is 0.688. The Bertz CT molecular complexity index is 477. The van der Waals surface area contributed by atoms with Gasteiger partial charge in [0.2, 0.25) is 0 Å². The van der Waals surface area contributed by atoms with Crippen LogP contribution in [0.1, 0.15) is 22.3 Å². The zero-order valence-electron chi connectivity index (χ0n) is 11.0. The molecule has 0 fully saturated rings. The van der Waals surface area contributed by atoms with Crippen LogP contribution in [-0.2, 0) is 4.79 Å². The minimum absolute atomic E-state index is 0.315. The summed E-state index contributed by atoms with van der Waals surface area (Å²) in [5, 5.41) is 11.6. The summed E-state index contributed by atoms with van der Waals surface area (Å²) in [5.74, 6) is -0.816. The highest BCUT2D eigenvalue weighted by molar-refractivity contribution is 7.98. The molecule has 0 bridgehead atoms. The summed E-state index contributed by atoms with van der Waals surface area (Å²) in [5.41, 5.74) is 7.29. The number of aryl methyl sites for hydroxylation is 1. The summed E-state index contributed by atoms with van der Waals surface area (Å²) in [6, 6.07) is 4.20. The van der Waals surface area contributed by atoms with Gasteiger partial charge in [0.1, 0.15) is 6.04 Å². The van der Waals surface area contributed by atoms with E-state index in [-0.39, 0.29) is 0 Å². The molecule has 4 N–H and O–H groups in total. The lowest BCUT2D eigenvalue weighted by Gasteiger charge is -2.15. The highest BCUT2D eigenvalue weighted by atomic mass is 32.2. The van der Waals surface area contributed by atoms with Crippen molar-refractivity contribution in [2.24, 2.45) is 0 Å². The zero-order chi connectivity index (χ0) is 14.4. The number of carboxylic acids is 1. The lowest BCUT2D eigenvalue weighted by molar-refractivity contribution is -0.139. The second kappa shape index (κ2) is 7.04. The SMILES string of the molecule is CSCC[C@@H](NC(=O)c1cc(C)ccc1N)C(=O)O. The third-order valence-corrected chi connectivity index (χ3v) is 3.31. The van der Waals surface area contributed by atoms with E-state index in [9.17, 15) is 9.59 Å². The van der Waals surface area contributed by atoms with Crippen LogP contribution in [-0.4, -0.2) is 35.0 Å². The van der Waals surface area contributed by atoms with Gasteiger partial charge >= 0.3 is 5.97 Å². The molecule has 0 aliphatic heterocycles. The van der Waals surface area contributed by atoms with Crippen molar-refractivity contribution in [3.63, 3.8) is 0 Å². The minimum Gasteiger partial charge on any atom is -0.480 e. The molecule has 0 aliphatic carbocycles. The Morgan fingerprint density at radius 1 is 1.47 bits per heavy atom. The van der Waals surface area contributed by atoms with Crippen molar-refractivity contribution in [2.75, 3.05) is 17.7 Å². The average molecular weight is 282 g/mol. The smallest absolute Gasteiger partial charge is 0.326 e. The van der Waals surface area contributed by atoms with Crippen molar-refractivity contribution in [3.05, 3.63) is 29.3 Å². The van der Waals surface area contributed by atoms with Gasteiger partial charge in [-0.2, -0.15) is 11.8 Å². The number of nitrogens with two attached hydrogens (primary N) is 1. The zero-order valence-corrected chi connectivity index (χ0v) is 11.8. The number of hydrogen-bond donors (Lipinski definition) is 3. The Kier molecular flexibility index (Phi) is 5.69. The van der Waals surface area contributed by atoms with E-state index in [1.165, 1.54) is 11.8 Å². The molecule has 1 aromatic carbocycles. The number of nitrogen functional groups attached to an aromatic ring is 1. The van der Waals surface area contributed by atoms with Crippen LogP contribution in [0.25, 0.3) is 0 Å². The highest BCUT2D eigenvalue weighted by Gasteiger charge is 2.21. The molecule has 0 spiro atoms. The van der Waals surface area contributed by atoms with E-state index in [1.807, 2.05) is 13.2 Å². The fraction of sp³-hybridized carbons (Fsp3) is 0.385. The number of carbonyl (C=O) groups is 2. The number of aliphatic carboxylic acids is 1. The number of carboxylic acid groups (broad SMARTS) is 1. The van der Waals surface area contributed by atoms with E-state index in [0.29, 0.717) is 23.4 Å². The monoisotopic (exact) mass is 282 g/mol. The van der Waals surface area contributed by atoms with Gasteiger partial charge in [-0.15, -0.1) is 0 Å². The minimum atomic E-state index is -1.03. The summed E-state index contributed by atoms with van der Waals surface area (Å²) in [6.45, 7) is 1.85. The van der Waals surface area contributed by atoms with E-state index in [4.69, 9.17) is 10.8 Å². The van der Waals surface area contributed by atoms with Crippen LogP contribution in [0.15, 0.2) is 18.2 Å². The molecular weight excluding hydrogens is 264 g/mol. The summed E-state index contributed by atoms with van der Waals surface area (Å²) < 4.78 is 0. The van der Waals surface area contributed by atoms with Gasteiger partial charge in [0, 0.05) is 5.69 Å². The Labute approximate surface area is 116 Å². The fourth-order valence-corrected chi connectivity index (χ4v) is 2.07. The Morgan fingerprint density at radius 3 is 2.74 bits per heavy atom. The maximum atomic E-state index is 12.0. The number of amides is 1. The molecule has 0 radical (unpaired) electrons. The third kappa shape index (κ3) is 4.48. The lowest BCUT2D eigenvalue weighted by Crippen LogP contribution is -2.41. The van der Waals surface area contributed by atoms with E-state index in [1.54, 1.807) is 18.2 Å².